The number of carboxylic acid groups (broad SMARTS) is 1. The number of allylic oxidation sites excluding steroid dienone is 3. The molecule has 1 heterocycles. The van der Waals surface area contributed by atoms with Crippen LogP contribution in [0.2, 0.25) is 0 Å². The molecule has 0 aromatic carbocycles. The summed E-state index contributed by atoms with van der Waals surface area (Å²) in [7, 11) is 0. The Morgan fingerprint density at radius 1 is 1.44 bits per heavy atom. The van der Waals surface area contributed by atoms with Crippen molar-refractivity contribution < 1.29 is 19.5 Å². The van der Waals surface area contributed by atoms with Crippen LogP contribution in [-0.2, 0) is 9.59 Å². The summed E-state index contributed by atoms with van der Waals surface area (Å²) in [4.78, 5) is 31.0. The van der Waals surface area contributed by atoms with Gasteiger partial charge in [-0.2, -0.15) is 0 Å². The van der Waals surface area contributed by atoms with E-state index in [2.05, 4.69) is 10.6 Å². The van der Waals surface area contributed by atoms with Gasteiger partial charge in [-0.15, -0.1) is 0 Å². The molecule has 1 aliphatic carbocycles. The minimum absolute atomic E-state index is 0.201. The molecule has 0 aromatic heterocycles. The number of amides is 3. The Morgan fingerprint density at radius 3 is 2.69 bits per heavy atom. The molecule has 6 heteroatoms. The van der Waals surface area contributed by atoms with Crippen LogP contribution in [-0.4, -0.2) is 23.0 Å². The minimum Gasteiger partial charge on any atom is -0.481 e. The van der Waals surface area contributed by atoms with E-state index < -0.39 is 12.0 Å². The van der Waals surface area contributed by atoms with Crippen molar-refractivity contribution in [2.75, 3.05) is 0 Å². The molecule has 2 rings (SSSR count). The normalized spacial score (nSPS) is 21.8. The van der Waals surface area contributed by atoms with Crippen molar-refractivity contribution in [2.24, 2.45) is 5.92 Å². The first-order valence-electron chi connectivity index (χ1n) is 4.69. The number of aliphatic carboxylic acids is 1. The minimum atomic E-state index is -0.833. The van der Waals surface area contributed by atoms with Gasteiger partial charge in [-0.05, 0) is 12.5 Å². The molecule has 1 atom stereocenters. The van der Waals surface area contributed by atoms with Crippen LogP contribution in [0.5, 0.6) is 0 Å². The molecule has 0 radical (unpaired) electrons. The number of fused-ring (bicyclic) bond motifs is 1. The van der Waals surface area contributed by atoms with E-state index in [0.29, 0.717) is 12.1 Å². The number of imide groups is 1. The zero-order chi connectivity index (χ0) is 12.1. The Balaban J connectivity index is 0.000000280. The zero-order valence-electron chi connectivity index (χ0n) is 8.69. The third kappa shape index (κ3) is 3.23. The third-order valence-corrected chi connectivity index (χ3v) is 1.97. The summed E-state index contributed by atoms with van der Waals surface area (Å²) in [6.45, 7) is 1.08. The molecular formula is C10H12N2O4. The molecule has 0 bridgehead atoms. The van der Waals surface area contributed by atoms with Gasteiger partial charge in [0.2, 0.25) is 5.91 Å². The standard InChI is InChI=1S/C8H8N2O2.C2H4O2/c11-7-5-3-1-2-4-6(5)9-8(12)10-7;1-2(3)4/h1-2,4-5H,3H2,(H2,9,10,11,12);1H3,(H,3,4). The molecule has 1 fully saturated rings. The summed E-state index contributed by atoms with van der Waals surface area (Å²) in [5.41, 5.74) is 0.700. The average Bonchev–Trinajstić information content (AvgIpc) is 2.16. The number of hydrogen-bond donors (Lipinski definition) is 3. The van der Waals surface area contributed by atoms with Gasteiger partial charge >= 0.3 is 6.03 Å². The van der Waals surface area contributed by atoms with Crippen molar-refractivity contribution >= 4 is 17.9 Å². The Labute approximate surface area is 92.0 Å². The molecular weight excluding hydrogens is 212 g/mol. The predicted octanol–water partition coefficient (Wildman–Crippen LogP) is 0.377. The number of nitrogens with one attached hydrogen (secondary N) is 2. The van der Waals surface area contributed by atoms with Gasteiger partial charge < -0.3 is 10.4 Å². The van der Waals surface area contributed by atoms with Crippen molar-refractivity contribution in [1.29, 1.82) is 0 Å². The first-order chi connectivity index (χ1) is 7.50. The summed E-state index contributed by atoms with van der Waals surface area (Å²) in [6.07, 6.45) is 6.17. The van der Waals surface area contributed by atoms with Crippen molar-refractivity contribution in [1.82, 2.24) is 10.6 Å². The number of rotatable bonds is 0. The van der Waals surface area contributed by atoms with E-state index >= 15 is 0 Å². The second kappa shape index (κ2) is 5.11. The second-order valence-electron chi connectivity index (χ2n) is 3.30. The molecule has 0 saturated carbocycles. The fourth-order valence-corrected chi connectivity index (χ4v) is 1.37. The van der Waals surface area contributed by atoms with Crippen LogP contribution in [0.3, 0.4) is 0 Å². The summed E-state index contributed by atoms with van der Waals surface area (Å²) in [5, 5.41) is 12.2. The fraction of sp³-hybridized carbons (Fsp3) is 0.300. The monoisotopic (exact) mass is 224 g/mol. The quantitative estimate of drug-likeness (QED) is 0.554. The molecule has 3 amide bonds. The highest BCUT2D eigenvalue weighted by Crippen LogP contribution is 2.20. The van der Waals surface area contributed by atoms with Gasteiger partial charge in [-0.25, -0.2) is 4.79 Å². The van der Waals surface area contributed by atoms with Crippen LogP contribution >= 0.6 is 0 Å². The Bertz CT molecular complexity index is 380. The van der Waals surface area contributed by atoms with Crippen molar-refractivity contribution in [3.8, 4) is 0 Å². The molecule has 16 heavy (non-hydrogen) atoms. The molecule has 0 aromatic rings. The fourth-order valence-electron chi connectivity index (χ4n) is 1.37. The first-order valence-corrected chi connectivity index (χ1v) is 4.69. The average molecular weight is 224 g/mol. The lowest BCUT2D eigenvalue weighted by Gasteiger charge is -2.25. The lowest BCUT2D eigenvalue weighted by Crippen LogP contribution is -2.50. The molecule has 1 unspecified atom stereocenters. The molecule has 1 saturated heterocycles. The van der Waals surface area contributed by atoms with Gasteiger partial charge in [-0.1, -0.05) is 12.2 Å². The van der Waals surface area contributed by atoms with Crippen LogP contribution in [0.25, 0.3) is 0 Å². The van der Waals surface area contributed by atoms with Crippen LogP contribution in [0.1, 0.15) is 13.3 Å². The second-order valence-corrected chi connectivity index (χ2v) is 3.30. The number of carbonyl (C=O) groups excluding carboxylic acids is 2. The van der Waals surface area contributed by atoms with Crippen LogP contribution in [0.4, 0.5) is 4.79 Å². The van der Waals surface area contributed by atoms with Crippen LogP contribution in [0.15, 0.2) is 23.9 Å². The van der Waals surface area contributed by atoms with Crippen LogP contribution < -0.4 is 10.6 Å². The van der Waals surface area contributed by atoms with Gasteiger partial charge in [0.1, 0.15) is 0 Å². The van der Waals surface area contributed by atoms with E-state index in [9.17, 15) is 9.59 Å². The Kier molecular flexibility index (Phi) is 3.82. The van der Waals surface area contributed by atoms with E-state index in [1.165, 1.54) is 0 Å². The Morgan fingerprint density at radius 2 is 2.06 bits per heavy atom. The predicted molar refractivity (Wildman–Crippen MR) is 55.3 cm³/mol. The van der Waals surface area contributed by atoms with Gasteiger partial charge in [0.25, 0.3) is 5.97 Å². The topological polar surface area (TPSA) is 95.5 Å². The maximum Gasteiger partial charge on any atom is 0.325 e. The third-order valence-electron chi connectivity index (χ3n) is 1.97. The van der Waals surface area contributed by atoms with Gasteiger partial charge in [-0.3, -0.25) is 14.9 Å². The molecule has 2 aliphatic rings. The number of urea groups is 1. The lowest BCUT2D eigenvalue weighted by atomic mass is 9.94. The largest absolute Gasteiger partial charge is 0.481 e. The number of carboxylic acids is 1. The maximum absolute atomic E-state index is 11.2. The molecule has 3 N–H and O–H groups in total. The van der Waals surface area contributed by atoms with Gasteiger partial charge in [0, 0.05) is 12.6 Å². The smallest absolute Gasteiger partial charge is 0.325 e. The number of carbonyl (C=O) groups is 3. The summed E-state index contributed by atoms with van der Waals surface area (Å²) < 4.78 is 0. The number of hydrogen-bond acceptors (Lipinski definition) is 3. The SMILES string of the molecule is CC(=O)O.O=C1NC(=O)C2CC=CC=C2N1. The summed E-state index contributed by atoms with van der Waals surface area (Å²) in [6, 6.07) is -0.433. The van der Waals surface area contributed by atoms with Crippen LogP contribution in [0, 0.1) is 5.92 Å². The highest BCUT2D eigenvalue weighted by atomic mass is 16.4. The van der Waals surface area contributed by atoms with Crippen molar-refractivity contribution in [2.45, 2.75) is 13.3 Å². The summed E-state index contributed by atoms with van der Waals surface area (Å²) >= 11 is 0. The van der Waals surface area contributed by atoms with E-state index in [1.54, 1.807) is 6.08 Å². The lowest BCUT2D eigenvalue weighted by molar-refractivity contribution is -0.134. The van der Waals surface area contributed by atoms with Crippen molar-refractivity contribution in [3.05, 3.63) is 23.9 Å². The molecule has 1 aliphatic heterocycles. The summed E-state index contributed by atoms with van der Waals surface area (Å²) in [5.74, 6) is -1.25. The van der Waals surface area contributed by atoms with Gasteiger partial charge in [0.15, 0.2) is 0 Å². The molecule has 0 spiro atoms. The van der Waals surface area contributed by atoms with E-state index in [1.807, 2.05) is 12.2 Å². The molecule has 6 nitrogen and oxygen atoms in total. The maximum atomic E-state index is 11.2. The van der Waals surface area contributed by atoms with E-state index in [-0.39, 0.29) is 11.8 Å². The molecule has 86 valence electrons. The Hall–Kier alpha value is -2.11. The highest BCUT2D eigenvalue weighted by Gasteiger charge is 2.30. The van der Waals surface area contributed by atoms with Crippen molar-refractivity contribution in [3.63, 3.8) is 0 Å². The van der Waals surface area contributed by atoms with E-state index in [4.69, 9.17) is 9.90 Å². The first kappa shape index (κ1) is 12.0. The van der Waals surface area contributed by atoms with E-state index in [0.717, 1.165) is 6.92 Å². The van der Waals surface area contributed by atoms with Gasteiger partial charge in [0.05, 0.1) is 5.92 Å². The zero-order valence-corrected chi connectivity index (χ0v) is 8.69. The highest BCUT2D eigenvalue weighted by molar-refractivity contribution is 6.00.